The zero-order valence-electron chi connectivity index (χ0n) is 16.3. The second-order valence-corrected chi connectivity index (χ2v) is 6.89. The van der Waals surface area contributed by atoms with Crippen molar-refractivity contribution in [3.8, 4) is 5.75 Å². The fraction of sp³-hybridized carbons (Fsp3) is 0.130. The molecule has 150 valence electrons. The van der Waals surface area contributed by atoms with Crippen molar-refractivity contribution in [3.63, 3.8) is 0 Å². The first-order valence-electron chi connectivity index (χ1n) is 9.37. The number of pyridine rings is 1. The summed E-state index contributed by atoms with van der Waals surface area (Å²) in [5.41, 5.74) is 2.74. The predicted octanol–water partition coefficient (Wildman–Crippen LogP) is 3.07. The molecule has 0 aliphatic carbocycles. The number of fused-ring (bicyclic) bond motifs is 1. The lowest BCUT2D eigenvalue weighted by Crippen LogP contribution is -2.29. The number of carbonyl (C=O) groups is 3. The molecule has 3 aromatic rings. The molecule has 0 atom stereocenters. The molecule has 4 rings (SSSR count). The second kappa shape index (κ2) is 8.16. The molecular weight excluding hydrogens is 382 g/mol. The van der Waals surface area contributed by atoms with Gasteiger partial charge in [0.1, 0.15) is 5.75 Å². The number of hydrogen-bond donors (Lipinski definition) is 1. The van der Waals surface area contributed by atoms with Gasteiger partial charge >= 0.3 is 0 Å². The molecule has 1 aromatic heterocycles. The van der Waals surface area contributed by atoms with E-state index in [1.807, 2.05) is 12.1 Å². The van der Waals surface area contributed by atoms with Crippen molar-refractivity contribution in [2.24, 2.45) is 0 Å². The van der Waals surface area contributed by atoms with Gasteiger partial charge < -0.3 is 10.1 Å². The largest absolute Gasteiger partial charge is 0.497 e. The Morgan fingerprint density at radius 2 is 1.63 bits per heavy atom. The van der Waals surface area contributed by atoms with Crippen LogP contribution in [-0.4, -0.2) is 34.7 Å². The Kier molecular flexibility index (Phi) is 5.26. The number of nitrogens with zero attached hydrogens (tertiary/aromatic N) is 2. The van der Waals surface area contributed by atoms with E-state index in [0.717, 1.165) is 16.9 Å². The molecule has 2 aromatic carbocycles. The van der Waals surface area contributed by atoms with E-state index >= 15 is 0 Å². The molecule has 7 heteroatoms. The predicted molar refractivity (Wildman–Crippen MR) is 110 cm³/mol. The van der Waals surface area contributed by atoms with E-state index in [4.69, 9.17) is 4.74 Å². The summed E-state index contributed by atoms with van der Waals surface area (Å²) in [6.45, 7) is 0.175. The molecule has 30 heavy (non-hydrogen) atoms. The fourth-order valence-electron chi connectivity index (χ4n) is 3.32. The normalized spacial score (nSPS) is 12.6. The topological polar surface area (TPSA) is 88.6 Å². The first-order valence-corrected chi connectivity index (χ1v) is 9.37. The van der Waals surface area contributed by atoms with Gasteiger partial charge in [0.05, 0.1) is 31.2 Å². The maximum Gasteiger partial charge on any atom is 0.261 e. The number of benzene rings is 2. The molecule has 7 nitrogen and oxygen atoms in total. The van der Waals surface area contributed by atoms with Gasteiger partial charge in [0.2, 0.25) is 5.91 Å². The van der Waals surface area contributed by atoms with Crippen molar-refractivity contribution in [3.05, 3.63) is 89.2 Å². The summed E-state index contributed by atoms with van der Waals surface area (Å²) in [4.78, 5) is 42.9. The molecular formula is C23H19N3O4. The van der Waals surface area contributed by atoms with Crippen molar-refractivity contribution >= 4 is 23.4 Å². The minimum absolute atomic E-state index is 0.175. The highest BCUT2D eigenvalue weighted by Gasteiger charge is 2.35. The van der Waals surface area contributed by atoms with E-state index < -0.39 is 0 Å². The van der Waals surface area contributed by atoms with Gasteiger partial charge in [-0.15, -0.1) is 0 Å². The molecule has 0 fully saturated rings. The van der Waals surface area contributed by atoms with Crippen LogP contribution < -0.4 is 10.1 Å². The number of aromatic nitrogens is 1. The molecule has 2 heterocycles. The summed E-state index contributed by atoms with van der Waals surface area (Å²) < 4.78 is 5.11. The molecule has 1 aliphatic heterocycles. The zero-order valence-corrected chi connectivity index (χ0v) is 16.3. The highest BCUT2D eigenvalue weighted by atomic mass is 16.5. The lowest BCUT2D eigenvalue weighted by Gasteiger charge is -2.13. The van der Waals surface area contributed by atoms with Crippen LogP contribution in [0.15, 0.2) is 67.0 Å². The SMILES string of the molecule is COc1ccc(CC(=O)Nc2ccc3c(c2)C(=O)N(Cc2ccncc2)C3=O)cc1. The molecule has 0 saturated heterocycles. The number of methoxy groups -OCH3 is 1. The molecule has 0 bridgehead atoms. The zero-order chi connectivity index (χ0) is 21.1. The van der Waals surface area contributed by atoms with Crippen LogP contribution >= 0.6 is 0 Å². The fourth-order valence-corrected chi connectivity index (χ4v) is 3.32. The average Bonchev–Trinajstić information content (AvgIpc) is 2.99. The van der Waals surface area contributed by atoms with E-state index in [1.165, 1.54) is 4.90 Å². The Morgan fingerprint density at radius 1 is 0.933 bits per heavy atom. The van der Waals surface area contributed by atoms with Crippen molar-refractivity contribution in [1.29, 1.82) is 0 Å². The Bertz CT molecular complexity index is 1110. The van der Waals surface area contributed by atoms with Gasteiger partial charge in [-0.2, -0.15) is 0 Å². The van der Waals surface area contributed by atoms with Gasteiger partial charge in [-0.3, -0.25) is 24.3 Å². The van der Waals surface area contributed by atoms with E-state index in [9.17, 15) is 14.4 Å². The number of amides is 3. The van der Waals surface area contributed by atoms with Crippen LogP contribution in [-0.2, 0) is 17.8 Å². The number of rotatable bonds is 6. The third kappa shape index (κ3) is 3.91. The van der Waals surface area contributed by atoms with Gasteiger partial charge in [0, 0.05) is 18.1 Å². The van der Waals surface area contributed by atoms with E-state index in [2.05, 4.69) is 10.3 Å². The smallest absolute Gasteiger partial charge is 0.261 e. The highest BCUT2D eigenvalue weighted by molar-refractivity contribution is 6.21. The third-order valence-electron chi connectivity index (χ3n) is 4.87. The lowest BCUT2D eigenvalue weighted by molar-refractivity contribution is -0.115. The van der Waals surface area contributed by atoms with Crippen LogP contribution in [0.25, 0.3) is 0 Å². The summed E-state index contributed by atoms with van der Waals surface area (Å²) >= 11 is 0. The van der Waals surface area contributed by atoms with Gasteiger partial charge in [0.15, 0.2) is 0 Å². The van der Waals surface area contributed by atoms with E-state index in [0.29, 0.717) is 11.3 Å². The molecule has 0 radical (unpaired) electrons. The Morgan fingerprint density at radius 3 is 2.33 bits per heavy atom. The van der Waals surface area contributed by atoms with Crippen LogP contribution in [0.3, 0.4) is 0 Å². The molecule has 3 amide bonds. The highest BCUT2D eigenvalue weighted by Crippen LogP contribution is 2.27. The maximum atomic E-state index is 12.8. The first-order chi connectivity index (χ1) is 14.5. The van der Waals surface area contributed by atoms with E-state index in [-0.39, 0.29) is 36.3 Å². The number of imide groups is 1. The summed E-state index contributed by atoms with van der Waals surface area (Å²) in [6, 6.07) is 15.5. The minimum atomic E-state index is -0.377. The quantitative estimate of drug-likeness (QED) is 0.642. The summed E-state index contributed by atoms with van der Waals surface area (Å²) in [6.07, 6.45) is 3.41. The Labute approximate surface area is 173 Å². The van der Waals surface area contributed by atoms with Crippen LogP contribution in [0, 0.1) is 0 Å². The molecule has 0 saturated carbocycles. The van der Waals surface area contributed by atoms with Crippen LogP contribution in [0.5, 0.6) is 5.75 Å². The minimum Gasteiger partial charge on any atom is -0.497 e. The summed E-state index contributed by atoms with van der Waals surface area (Å²) in [7, 11) is 1.58. The number of hydrogen-bond acceptors (Lipinski definition) is 5. The molecule has 0 spiro atoms. The number of anilines is 1. The third-order valence-corrected chi connectivity index (χ3v) is 4.87. The molecule has 1 N–H and O–H groups in total. The number of nitrogens with one attached hydrogen (secondary N) is 1. The second-order valence-electron chi connectivity index (χ2n) is 6.89. The standard InChI is InChI=1S/C23H19N3O4/c1-30-18-5-2-15(3-6-18)12-21(27)25-17-4-7-19-20(13-17)23(29)26(22(19)28)14-16-8-10-24-11-9-16/h2-11,13H,12,14H2,1H3,(H,25,27). The van der Waals surface area contributed by atoms with Gasteiger partial charge in [0.25, 0.3) is 11.8 Å². The van der Waals surface area contributed by atoms with Crippen LogP contribution in [0.2, 0.25) is 0 Å². The molecule has 0 unspecified atom stereocenters. The van der Waals surface area contributed by atoms with Crippen molar-refractivity contribution in [2.75, 3.05) is 12.4 Å². The van der Waals surface area contributed by atoms with Crippen molar-refractivity contribution in [2.45, 2.75) is 13.0 Å². The van der Waals surface area contributed by atoms with Crippen molar-refractivity contribution < 1.29 is 19.1 Å². The summed E-state index contributed by atoms with van der Waals surface area (Å²) in [5, 5.41) is 2.79. The Hall–Kier alpha value is -4.00. The lowest BCUT2D eigenvalue weighted by atomic mass is 10.1. The maximum absolute atomic E-state index is 12.8. The summed E-state index contributed by atoms with van der Waals surface area (Å²) in [5.74, 6) is -0.219. The van der Waals surface area contributed by atoms with Crippen LogP contribution in [0.1, 0.15) is 31.8 Å². The monoisotopic (exact) mass is 401 g/mol. The van der Waals surface area contributed by atoms with Crippen LogP contribution in [0.4, 0.5) is 5.69 Å². The van der Waals surface area contributed by atoms with E-state index in [1.54, 1.807) is 62.0 Å². The van der Waals surface area contributed by atoms with Gasteiger partial charge in [-0.05, 0) is 53.6 Å². The van der Waals surface area contributed by atoms with Gasteiger partial charge in [-0.1, -0.05) is 12.1 Å². The number of carbonyl (C=O) groups excluding carboxylic acids is 3. The average molecular weight is 401 g/mol. The van der Waals surface area contributed by atoms with Crippen molar-refractivity contribution in [1.82, 2.24) is 9.88 Å². The Balaban J connectivity index is 1.46. The first kappa shape index (κ1) is 19.3. The number of ether oxygens (including phenoxy) is 1. The molecule has 1 aliphatic rings. The van der Waals surface area contributed by atoms with Gasteiger partial charge in [-0.25, -0.2) is 0 Å².